The standard InChI is InChI=1S/C20H21BrN2O4/c1-26-16-9-14(10-17(27-2)18(16)21)20(25)23(15-7-8-15)11-12-3-5-13(6-4-12)19(22)24/h3-6,9-10,15H,7-8,11H2,1-2H3,(H2,22,24). The summed E-state index contributed by atoms with van der Waals surface area (Å²) >= 11 is 3.42. The summed E-state index contributed by atoms with van der Waals surface area (Å²) in [6, 6.07) is 10.6. The van der Waals surface area contributed by atoms with Crippen LogP contribution in [0.5, 0.6) is 11.5 Å². The van der Waals surface area contributed by atoms with E-state index in [9.17, 15) is 9.59 Å². The van der Waals surface area contributed by atoms with Gasteiger partial charge in [0.2, 0.25) is 5.91 Å². The minimum Gasteiger partial charge on any atom is -0.495 e. The van der Waals surface area contributed by atoms with E-state index in [4.69, 9.17) is 15.2 Å². The smallest absolute Gasteiger partial charge is 0.254 e. The minimum atomic E-state index is -0.467. The molecule has 1 fully saturated rings. The van der Waals surface area contributed by atoms with Crippen molar-refractivity contribution >= 4 is 27.7 Å². The van der Waals surface area contributed by atoms with Crippen LogP contribution < -0.4 is 15.2 Å². The topological polar surface area (TPSA) is 81.9 Å². The average molecular weight is 433 g/mol. The molecule has 1 aliphatic carbocycles. The van der Waals surface area contributed by atoms with Crippen LogP contribution in [0, 0.1) is 0 Å². The average Bonchev–Trinajstić information content (AvgIpc) is 3.51. The van der Waals surface area contributed by atoms with Crippen LogP contribution >= 0.6 is 15.9 Å². The van der Waals surface area contributed by atoms with Crippen LogP contribution in [0.15, 0.2) is 40.9 Å². The van der Waals surface area contributed by atoms with Crippen molar-refractivity contribution in [3.05, 3.63) is 57.6 Å². The number of nitrogens with two attached hydrogens (primary N) is 1. The van der Waals surface area contributed by atoms with E-state index in [2.05, 4.69) is 15.9 Å². The van der Waals surface area contributed by atoms with Crippen molar-refractivity contribution in [3.63, 3.8) is 0 Å². The van der Waals surface area contributed by atoms with Crippen LogP contribution in [0.2, 0.25) is 0 Å². The van der Waals surface area contributed by atoms with Crippen molar-refractivity contribution in [1.29, 1.82) is 0 Å². The van der Waals surface area contributed by atoms with Gasteiger partial charge in [0.05, 0.1) is 14.2 Å². The summed E-state index contributed by atoms with van der Waals surface area (Å²) in [5.41, 5.74) is 7.18. The molecular weight excluding hydrogens is 412 g/mol. The molecular formula is C20H21BrN2O4. The zero-order valence-electron chi connectivity index (χ0n) is 15.2. The van der Waals surface area contributed by atoms with Crippen molar-refractivity contribution in [2.24, 2.45) is 5.73 Å². The second-order valence-corrected chi connectivity index (χ2v) is 7.21. The molecule has 1 aliphatic rings. The lowest BCUT2D eigenvalue weighted by Gasteiger charge is -2.23. The predicted molar refractivity (Wildman–Crippen MR) is 105 cm³/mol. The Morgan fingerprint density at radius 2 is 1.63 bits per heavy atom. The van der Waals surface area contributed by atoms with Gasteiger partial charge in [-0.2, -0.15) is 0 Å². The first kappa shape index (κ1) is 19.2. The molecule has 0 aliphatic heterocycles. The maximum atomic E-state index is 13.2. The van der Waals surface area contributed by atoms with Gasteiger partial charge in [-0.05, 0) is 58.6 Å². The molecule has 6 nitrogen and oxygen atoms in total. The second kappa shape index (κ2) is 8.00. The number of carbonyl (C=O) groups is 2. The van der Waals surface area contributed by atoms with E-state index in [1.54, 1.807) is 38.5 Å². The zero-order chi connectivity index (χ0) is 19.6. The first-order valence-electron chi connectivity index (χ1n) is 8.55. The fourth-order valence-corrected chi connectivity index (χ4v) is 3.44. The molecule has 0 spiro atoms. The van der Waals surface area contributed by atoms with E-state index in [0.29, 0.717) is 33.6 Å². The van der Waals surface area contributed by atoms with E-state index in [1.165, 1.54) is 0 Å². The molecule has 0 heterocycles. The zero-order valence-corrected chi connectivity index (χ0v) is 16.8. The molecule has 2 aromatic rings. The summed E-state index contributed by atoms with van der Waals surface area (Å²) in [7, 11) is 3.10. The maximum absolute atomic E-state index is 13.2. The number of carbonyl (C=O) groups excluding carboxylic acids is 2. The Labute approximate surface area is 166 Å². The number of rotatable bonds is 7. The number of hydrogen-bond acceptors (Lipinski definition) is 4. The highest BCUT2D eigenvalue weighted by atomic mass is 79.9. The molecule has 2 N–H and O–H groups in total. The van der Waals surface area contributed by atoms with Crippen molar-refractivity contribution in [2.75, 3.05) is 14.2 Å². The van der Waals surface area contributed by atoms with E-state index in [-0.39, 0.29) is 11.9 Å². The van der Waals surface area contributed by atoms with Gasteiger partial charge in [-0.15, -0.1) is 0 Å². The first-order chi connectivity index (χ1) is 12.9. The molecule has 0 bridgehead atoms. The quantitative estimate of drug-likeness (QED) is 0.726. The fourth-order valence-electron chi connectivity index (χ4n) is 2.88. The number of benzene rings is 2. The van der Waals surface area contributed by atoms with E-state index >= 15 is 0 Å². The number of hydrogen-bond donors (Lipinski definition) is 1. The molecule has 0 aromatic heterocycles. The van der Waals surface area contributed by atoms with Crippen LogP contribution in [0.4, 0.5) is 0 Å². The third kappa shape index (κ3) is 4.24. The highest BCUT2D eigenvalue weighted by Gasteiger charge is 2.33. The molecule has 27 heavy (non-hydrogen) atoms. The lowest BCUT2D eigenvalue weighted by atomic mass is 10.1. The van der Waals surface area contributed by atoms with E-state index in [1.807, 2.05) is 17.0 Å². The highest BCUT2D eigenvalue weighted by molar-refractivity contribution is 9.10. The lowest BCUT2D eigenvalue weighted by molar-refractivity contribution is 0.0728. The molecule has 0 saturated heterocycles. The molecule has 1 saturated carbocycles. The fraction of sp³-hybridized carbons (Fsp3) is 0.300. The summed E-state index contributed by atoms with van der Waals surface area (Å²) < 4.78 is 11.4. The Balaban J connectivity index is 1.87. The molecule has 0 atom stereocenters. The lowest BCUT2D eigenvalue weighted by Crippen LogP contribution is -2.32. The van der Waals surface area contributed by atoms with Gasteiger partial charge in [0, 0.05) is 23.7 Å². The Hall–Kier alpha value is -2.54. The summed E-state index contributed by atoms with van der Waals surface area (Å²) in [6.45, 7) is 0.462. The van der Waals surface area contributed by atoms with Crippen LogP contribution in [-0.4, -0.2) is 37.0 Å². The molecule has 3 rings (SSSR count). The molecule has 0 unspecified atom stereocenters. The molecule has 2 aromatic carbocycles. The van der Waals surface area contributed by atoms with Gasteiger partial charge in [-0.25, -0.2) is 0 Å². The Morgan fingerprint density at radius 3 is 2.07 bits per heavy atom. The summed E-state index contributed by atoms with van der Waals surface area (Å²) in [4.78, 5) is 26.3. The van der Waals surface area contributed by atoms with Crippen LogP contribution in [0.25, 0.3) is 0 Å². The Morgan fingerprint density at radius 1 is 1.07 bits per heavy atom. The molecule has 7 heteroatoms. The number of ether oxygens (including phenoxy) is 2. The van der Waals surface area contributed by atoms with Gasteiger partial charge in [0.25, 0.3) is 5.91 Å². The number of nitrogens with zero attached hydrogens (tertiary/aromatic N) is 1. The van der Waals surface area contributed by atoms with Gasteiger partial charge in [0.1, 0.15) is 16.0 Å². The monoisotopic (exact) mass is 432 g/mol. The summed E-state index contributed by atoms with van der Waals surface area (Å²) in [6.07, 6.45) is 1.96. The predicted octanol–water partition coefficient (Wildman–Crippen LogP) is 3.37. The number of halogens is 1. The molecule has 142 valence electrons. The number of primary amides is 1. The second-order valence-electron chi connectivity index (χ2n) is 6.42. The third-order valence-electron chi connectivity index (χ3n) is 4.53. The van der Waals surface area contributed by atoms with Gasteiger partial charge in [0.15, 0.2) is 0 Å². The summed E-state index contributed by atoms with van der Waals surface area (Å²) in [5.74, 6) is 0.532. The van der Waals surface area contributed by atoms with Crippen molar-refractivity contribution in [2.45, 2.75) is 25.4 Å². The largest absolute Gasteiger partial charge is 0.495 e. The molecule has 0 radical (unpaired) electrons. The van der Waals surface area contributed by atoms with Crippen LogP contribution in [0.3, 0.4) is 0 Å². The van der Waals surface area contributed by atoms with Crippen molar-refractivity contribution in [1.82, 2.24) is 4.90 Å². The SMILES string of the molecule is COc1cc(C(=O)N(Cc2ccc(C(N)=O)cc2)C2CC2)cc(OC)c1Br. The summed E-state index contributed by atoms with van der Waals surface area (Å²) in [5, 5.41) is 0. The van der Waals surface area contributed by atoms with Crippen molar-refractivity contribution in [3.8, 4) is 11.5 Å². The first-order valence-corrected chi connectivity index (χ1v) is 9.35. The maximum Gasteiger partial charge on any atom is 0.254 e. The molecule has 2 amide bonds. The van der Waals surface area contributed by atoms with Gasteiger partial charge in [-0.1, -0.05) is 12.1 Å². The van der Waals surface area contributed by atoms with Gasteiger partial charge >= 0.3 is 0 Å². The van der Waals surface area contributed by atoms with Crippen LogP contribution in [0.1, 0.15) is 39.1 Å². The van der Waals surface area contributed by atoms with Gasteiger partial charge in [-0.3, -0.25) is 9.59 Å². The Kier molecular flexibility index (Phi) is 5.70. The van der Waals surface area contributed by atoms with Gasteiger partial charge < -0.3 is 20.1 Å². The Bertz CT molecular complexity index is 838. The minimum absolute atomic E-state index is 0.0828. The third-order valence-corrected chi connectivity index (χ3v) is 5.31. The number of amides is 2. The van der Waals surface area contributed by atoms with Crippen molar-refractivity contribution < 1.29 is 19.1 Å². The van der Waals surface area contributed by atoms with E-state index < -0.39 is 5.91 Å². The normalized spacial score (nSPS) is 13.1. The van der Waals surface area contributed by atoms with Crippen LogP contribution in [-0.2, 0) is 6.54 Å². The number of methoxy groups -OCH3 is 2. The highest BCUT2D eigenvalue weighted by Crippen LogP contribution is 2.37. The van der Waals surface area contributed by atoms with E-state index in [0.717, 1.165) is 18.4 Å².